The fourth-order valence-corrected chi connectivity index (χ4v) is 5.93. The van der Waals surface area contributed by atoms with Crippen LogP contribution >= 0.6 is 0 Å². The molecule has 3 aromatic heterocycles. The van der Waals surface area contributed by atoms with Crippen LogP contribution in [0.2, 0.25) is 0 Å². The number of nitrogens with zero attached hydrogens (tertiary/aromatic N) is 6. The Labute approximate surface area is 235 Å². The lowest BCUT2D eigenvalue weighted by Gasteiger charge is -2.41. The summed E-state index contributed by atoms with van der Waals surface area (Å²) in [5.74, 6) is 0.833. The molecule has 2 fully saturated rings. The fourth-order valence-electron chi connectivity index (χ4n) is 5.93. The highest BCUT2D eigenvalue weighted by atomic mass is 16.5. The van der Waals surface area contributed by atoms with Crippen LogP contribution in [0.5, 0.6) is 0 Å². The molecule has 0 unspecified atom stereocenters. The van der Waals surface area contributed by atoms with E-state index in [9.17, 15) is 9.90 Å². The summed E-state index contributed by atoms with van der Waals surface area (Å²) in [6, 6.07) is 2.23. The van der Waals surface area contributed by atoms with Crippen molar-refractivity contribution in [2.75, 3.05) is 38.7 Å². The molecule has 1 saturated heterocycles. The van der Waals surface area contributed by atoms with Crippen LogP contribution in [-0.2, 0) is 19.8 Å². The molecule has 4 heterocycles. The quantitative estimate of drug-likeness (QED) is 0.436. The smallest absolute Gasteiger partial charge is 0.250 e. The van der Waals surface area contributed by atoms with Crippen molar-refractivity contribution >= 4 is 17.4 Å². The number of morpholine rings is 1. The topological polar surface area (TPSA) is 119 Å². The maximum atomic E-state index is 13.6. The summed E-state index contributed by atoms with van der Waals surface area (Å²) in [7, 11) is 1.67. The van der Waals surface area contributed by atoms with Gasteiger partial charge in [-0.15, -0.1) is 5.10 Å². The van der Waals surface area contributed by atoms with Gasteiger partial charge in [-0.25, -0.2) is 9.50 Å². The van der Waals surface area contributed by atoms with Crippen LogP contribution in [-0.4, -0.2) is 91.5 Å². The number of hydrogen-bond acceptors (Lipinski definition) is 8. The van der Waals surface area contributed by atoms with Crippen molar-refractivity contribution in [1.29, 1.82) is 0 Å². The first-order valence-electron chi connectivity index (χ1n) is 14.3. The Bertz CT molecular complexity index is 1340. The highest BCUT2D eigenvalue weighted by Gasteiger charge is 2.39. The van der Waals surface area contributed by atoms with Gasteiger partial charge in [0.1, 0.15) is 5.54 Å². The normalized spacial score (nSPS) is 22.4. The fraction of sp³-hybridized carbons (Fsp3) is 0.655. The number of ether oxygens (including phenoxy) is 2. The van der Waals surface area contributed by atoms with Crippen molar-refractivity contribution in [3.8, 4) is 11.1 Å². The van der Waals surface area contributed by atoms with Gasteiger partial charge in [0.05, 0.1) is 42.8 Å². The van der Waals surface area contributed by atoms with Crippen molar-refractivity contribution in [1.82, 2.24) is 29.3 Å². The Hall–Kier alpha value is -3.02. The number of hydrogen-bond donors (Lipinski definition) is 2. The number of carbonyl (C=O) groups is 1. The predicted molar refractivity (Wildman–Crippen MR) is 152 cm³/mol. The van der Waals surface area contributed by atoms with Crippen LogP contribution in [0.4, 0.5) is 5.95 Å². The lowest BCUT2D eigenvalue weighted by Crippen LogP contribution is -2.56. The Balaban J connectivity index is 1.48. The molecule has 3 aromatic rings. The van der Waals surface area contributed by atoms with Crippen molar-refractivity contribution in [3.63, 3.8) is 0 Å². The molecule has 0 aromatic carbocycles. The number of fused-ring (bicyclic) bond motifs is 1. The molecule has 11 heteroatoms. The second-order valence-corrected chi connectivity index (χ2v) is 12.4. The first-order chi connectivity index (χ1) is 19.0. The number of methoxy groups -OCH3 is 1. The largest absolute Gasteiger partial charge is 0.393 e. The van der Waals surface area contributed by atoms with E-state index >= 15 is 0 Å². The summed E-state index contributed by atoms with van der Waals surface area (Å²) in [5.41, 5.74) is 2.62. The number of aliphatic hydroxyl groups is 1. The summed E-state index contributed by atoms with van der Waals surface area (Å²) in [6.45, 7) is 12.0. The number of rotatable bonds is 8. The standard InChI is InChI=1S/C29H43N7O4/c1-19(17-39-6)32-27-30-15-25-23(13-24(36(25)33-27)20-7-9-22(37)10-8-20)21-14-31-35(16-21)29(4,5)26(38)34-11-12-40-28(2,3)18-34/h13-16,19-20,22,37H,7-12,17-18H2,1-6H3,(H,32,33)/t19-,20?,22?/m0/s1. The van der Waals surface area contributed by atoms with E-state index < -0.39 is 5.54 Å². The molecular formula is C29H43N7O4. The molecule has 0 bridgehead atoms. The van der Waals surface area contributed by atoms with E-state index in [0.29, 0.717) is 32.3 Å². The molecule has 218 valence electrons. The number of amides is 1. The van der Waals surface area contributed by atoms with E-state index in [4.69, 9.17) is 14.6 Å². The van der Waals surface area contributed by atoms with E-state index in [1.807, 2.05) is 62.6 Å². The molecule has 40 heavy (non-hydrogen) atoms. The van der Waals surface area contributed by atoms with E-state index in [1.165, 1.54) is 0 Å². The van der Waals surface area contributed by atoms with Gasteiger partial charge in [0.15, 0.2) is 0 Å². The Kier molecular flexibility index (Phi) is 7.91. The number of aromatic nitrogens is 5. The first-order valence-corrected chi connectivity index (χ1v) is 14.3. The number of anilines is 1. The Morgan fingerprint density at radius 1 is 1.27 bits per heavy atom. The van der Waals surface area contributed by atoms with Gasteiger partial charge in [0.25, 0.3) is 0 Å². The number of nitrogens with one attached hydrogen (secondary N) is 1. The van der Waals surface area contributed by atoms with Gasteiger partial charge in [0.2, 0.25) is 11.9 Å². The third-order valence-electron chi connectivity index (χ3n) is 8.15. The summed E-state index contributed by atoms with van der Waals surface area (Å²) < 4.78 is 14.8. The van der Waals surface area contributed by atoms with Gasteiger partial charge in [-0.05, 0) is 66.4 Å². The monoisotopic (exact) mass is 553 g/mol. The van der Waals surface area contributed by atoms with Crippen LogP contribution in [0.3, 0.4) is 0 Å². The minimum Gasteiger partial charge on any atom is -0.393 e. The van der Waals surface area contributed by atoms with Gasteiger partial charge in [-0.2, -0.15) is 5.10 Å². The highest BCUT2D eigenvalue weighted by molar-refractivity contribution is 5.85. The minimum absolute atomic E-state index is 0.0194. The molecule has 0 spiro atoms. The van der Waals surface area contributed by atoms with Crippen LogP contribution in [0.15, 0.2) is 24.7 Å². The molecular weight excluding hydrogens is 510 g/mol. The van der Waals surface area contributed by atoms with Crippen LogP contribution in [0.1, 0.15) is 71.9 Å². The third kappa shape index (κ3) is 5.73. The predicted octanol–water partition coefficient (Wildman–Crippen LogP) is 3.43. The van der Waals surface area contributed by atoms with Gasteiger partial charge < -0.3 is 24.8 Å². The zero-order valence-electron chi connectivity index (χ0n) is 24.6. The summed E-state index contributed by atoms with van der Waals surface area (Å²) >= 11 is 0. The molecule has 1 aliphatic heterocycles. The van der Waals surface area contributed by atoms with Gasteiger partial charge in [-0.1, -0.05) is 0 Å². The average Bonchev–Trinajstić information content (AvgIpc) is 3.54. The van der Waals surface area contributed by atoms with Crippen molar-refractivity contribution < 1.29 is 19.4 Å². The Morgan fingerprint density at radius 3 is 2.73 bits per heavy atom. The Morgan fingerprint density at radius 2 is 2.02 bits per heavy atom. The van der Waals surface area contributed by atoms with Crippen LogP contribution in [0, 0.1) is 0 Å². The van der Waals surface area contributed by atoms with Crippen LogP contribution < -0.4 is 5.32 Å². The van der Waals surface area contributed by atoms with Gasteiger partial charge in [-0.3, -0.25) is 9.48 Å². The maximum Gasteiger partial charge on any atom is 0.250 e. The zero-order valence-corrected chi connectivity index (χ0v) is 24.6. The number of aliphatic hydroxyl groups excluding tert-OH is 1. The van der Waals surface area contributed by atoms with Crippen molar-refractivity contribution in [3.05, 3.63) is 30.4 Å². The SMILES string of the molecule is COC[C@H](C)Nc1ncc2c(-c3cnn(C(C)(C)C(=O)N4CCOC(C)(C)C4)c3)cc(C3CCC(O)CC3)n2n1. The maximum absolute atomic E-state index is 13.6. The second kappa shape index (κ2) is 11.1. The van der Waals surface area contributed by atoms with Gasteiger partial charge in [0, 0.05) is 55.2 Å². The van der Waals surface area contributed by atoms with E-state index in [0.717, 1.165) is 48.0 Å². The molecule has 5 rings (SSSR count). The van der Waals surface area contributed by atoms with Gasteiger partial charge >= 0.3 is 0 Å². The van der Waals surface area contributed by atoms with Crippen molar-refractivity contribution in [2.45, 2.75) is 89.5 Å². The summed E-state index contributed by atoms with van der Waals surface area (Å²) in [6.07, 6.45) is 8.72. The number of carbonyl (C=O) groups excluding carboxylic acids is 1. The average molecular weight is 554 g/mol. The van der Waals surface area contributed by atoms with Crippen LogP contribution in [0.25, 0.3) is 16.6 Å². The molecule has 1 atom stereocenters. The molecule has 1 amide bonds. The molecule has 0 radical (unpaired) electrons. The van der Waals surface area contributed by atoms with E-state index in [-0.39, 0.29) is 29.6 Å². The molecule has 1 saturated carbocycles. The summed E-state index contributed by atoms with van der Waals surface area (Å²) in [5, 5.41) is 23.0. The van der Waals surface area contributed by atoms with E-state index in [2.05, 4.69) is 21.5 Å². The highest BCUT2D eigenvalue weighted by Crippen LogP contribution is 2.38. The molecule has 11 nitrogen and oxygen atoms in total. The lowest BCUT2D eigenvalue weighted by molar-refractivity contribution is -0.154. The lowest BCUT2D eigenvalue weighted by atomic mass is 9.85. The molecule has 2 N–H and O–H groups in total. The molecule has 2 aliphatic rings. The third-order valence-corrected chi connectivity index (χ3v) is 8.15. The zero-order chi connectivity index (χ0) is 28.7. The first kappa shape index (κ1) is 28.5. The van der Waals surface area contributed by atoms with E-state index in [1.54, 1.807) is 11.8 Å². The second-order valence-electron chi connectivity index (χ2n) is 12.4. The van der Waals surface area contributed by atoms with Crippen molar-refractivity contribution in [2.24, 2.45) is 0 Å². The molecule has 1 aliphatic carbocycles. The summed E-state index contributed by atoms with van der Waals surface area (Å²) in [4.78, 5) is 20.1. The minimum atomic E-state index is -0.866.